The van der Waals surface area contributed by atoms with Gasteiger partial charge in [0.1, 0.15) is 19.2 Å². The smallest absolute Gasteiger partial charge is 1.00 e. The van der Waals surface area contributed by atoms with Crippen molar-refractivity contribution >= 4 is 75.4 Å². The average molecular weight is 1010 g/mol. The van der Waals surface area contributed by atoms with E-state index in [9.17, 15) is 4.79 Å². The molecule has 0 radical (unpaired) electrons. The van der Waals surface area contributed by atoms with Gasteiger partial charge in [0.05, 0.1) is 30.2 Å². The van der Waals surface area contributed by atoms with Gasteiger partial charge in [0.2, 0.25) is 0 Å². The normalized spacial score (nSPS) is 16.2. The van der Waals surface area contributed by atoms with Gasteiger partial charge in [-0.05, 0) is 50.0 Å². The second-order valence-corrected chi connectivity index (χ2v) is 35.5. The number of nitrogens with zero attached hydrogens (tertiary/aromatic N) is 2. The van der Waals surface area contributed by atoms with Crippen molar-refractivity contribution in [3.8, 4) is 0 Å². The molecule has 302 valence electrons. The van der Waals surface area contributed by atoms with Crippen molar-refractivity contribution in [3.63, 3.8) is 0 Å². The molecule has 2 atom stereocenters. The number of fused-ring (bicyclic) bond motifs is 1. The van der Waals surface area contributed by atoms with Crippen LogP contribution in [0.25, 0.3) is 0 Å². The van der Waals surface area contributed by atoms with Crippen LogP contribution >= 0.6 is 45.2 Å². The van der Waals surface area contributed by atoms with Crippen LogP contribution in [0.2, 0.25) is 77.1 Å². The van der Waals surface area contributed by atoms with Gasteiger partial charge in [-0.2, -0.15) is 0 Å². The number of allylic oxidation sites excluding steroid dienone is 2. The molecule has 0 bridgehead atoms. The molecule has 0 spiro atoms. The SMILES string of the molecule is CCOC(=O)C1=C2C(=CC=CN2CCC(CI)OCOCC[Si](C)(C)C)N(CCC(CI)OCOCC[Si](C)(C)C)C=C1OCOCC[Si](C)(C)C.[H-].[Li+]. The van der Waals surface area contributed by atoms with Gasteiger partial charge in [0.15, 0.2) is 12.6 Å². The first-order valence-electron chi connectivity index (χ1n) is 18.7. The molecule has 10 nitrogen and oxygen atoms in total. The third-order valence-corrected chi connectivity index (χ3v) is 15.5. The number of esters is 1. The Morgan fingerprint density at radius 2 is 1.23 bits per heavy atom. The molecular weight excluding hydrogens is 945 g/mol. The van der Waals surface area contributed by atoms with Gasteiger partial charge in [-0.3, -0.25) is 0 Å². The van der Waals surface area contributed by atoms with Crippen molar-refractivity contribution in [2.75, 3.05) is 68.8 Å². The van der Waals surface area contributed by atoms with Crippen molar-refractivity contribution in [2.45, 2.75) is 109 Å². The summed E-state index contributed by atoms with van der Waals surface area (Å²) in [6, 6.07) is 3.25. The fourth-order valence-electron chi connectivity index (χ4n) is 5.00. The first kappa shape index (κ1) is 51.4. The van der Waals surface area contributed by atoms with E-state index in [1.165, 1.54) is 0 Å². The van der Waals surface area contributed by atoms with E-state index in [4.69, 9.17) is 33.2 Å². The fourth-order valence-corrected chi connectivity index (χ4v) is 8.66. The summed E-state index contributed by atoms with van der Waals surface area (Å²) in [5.41, 5.74) is 2.08. The van der Waals surface area contributed by atoms with Gasteiger partial charge >= 0.3 is 24.8 Å². The summed E-state index contributed by atoms with van der Waals surface area (Å²) in [4.78, 5) is 18.0. The summed E-state index contributed by atoms with van der Waals surface area (Å²) in [5, 5.41) is 0. The molecule has 2 aliphatic rings. The Morgan fingerprint density at radius 1 is 0.755 bits per heavy atom. The van der Waals surface area contributed by atoms with E-state index in [0.717, 1.165) is 64.4 Å². The van der Waals surface area contributed by atoms with Crippen molar-refractivity contribution in [1.82, 2.24) is 9.80 Å². The number of rotatable bonds is 28. The first-order chi connectivity index (χ1) is 24.5. The van der Waals surface area contributed by atoms with E-state index < -0.39 is 30.2 Å². The van der Waals surface area contributed by atoms with E-state index in [0.29, 0.717) is 31.0 Å². The van der Waals surface area contributed by atoms with Gasteiger partial charge in [0.25, 0.3) is 0 Å². The minimum atomic E-state index is -1.27. The van der Waals surface area contributed by atoms with Crippen LogP contribution in [0.3, 0.4) is 0 Å². The van der Waals surface area contributed by atoms with Gasteiger partial charge in [0, 0.05) is 78.4 Å². The third kappa shape index (κ3) is 21.6. The predicted octanol–water partition coefficient (Wildman–Crippen LogP) is 6.16. The number of hydrogen-bond acceptors (Lipinski definition) is 10. The molecule has 0 saturated heterocycles. The Labute approximate surface area is 365 Å². The summed E-state index contributed by atoms with van der Waals surface area (Å²) in [5.74, 6) is 0.0242. The van der Waals surface area contributed by atoms with Crippen LogP contribution in [0.5, 0.6) is 0 Å². The number of hydrogen-bond donors (Lipinski definition) is 0. The standard InChI is InChI=1S/C37H68I2N2O8Si3.Li.H/c1-11-46-37(42)35-34(49-30-45-21-24-52(8,9)10)27-41(18-15-32(26-39)48-29-44-20-23-51(5,6)7)33-13-12-16-40(36(33)35)17-14-31(25-38)47-28-43-19-22-50(2,3)4;;/h12-13,16,27,31-32H,11,14-15,17-26,28-30H2,1-10H3;;/q;+1;-1. The fraction of sp³-hybridized carbons (Fsp3) is 0.757. The maximum Gasteiger partial charge on any atom is 1.00 e. The molecule has 2 unspecified atom stereocenters. The van der Waals surface area contributed by atoms with Crippen LogP contribution in [0.1, 0.15) is 21.2 Å². The van der Waals surface area contributed by atoms with Crippen molar-refractivity contribution in [1.29, 1.82) is 0 Å². The molecule has 0 saturated carbocycles. The van der Waals surface area contributed by atoms with Crippen molar-refractivity contribution < 1.29 is 58.2 Å². The van der Waals surface area contributed by atoms with Crippen molar-refractivity contribution in [3.05, 3.63) is 47.3 Å². The van der Waals surface area contributed by atoms with Crippen molar-refractivity contribution in [2.24, 2.45) is 0 Å². The molecule has 0 fully saturated rings. The maximum atomic E-state index is 13.7. The van der Waals surface area contributed by atoms with Crippen LogP contribution in [-0.2, 0) is 38.0 Å². The Kier molecular flexibility index (Phi) is 25.5. The Balaban J connectivity index is 0.0000140. The zero-order valence-electron chi connectivity index (χ0n) is 35.7. The van der Waals surface area contributed by atoms with Crippen LogP contribution in [-0.4, -0.2) is 121 Å². The maximum absolute atomic E-state index is 13.7. The quantitative estimate of drug-likeness (QED) is 0.0227. The predicted molar refractivity (Wildman–Crippen MR) is 238 cm³/mol. The van der Waals surface area contributed by atoms with E-state index in [-0.39, 0.29) is 59.5 Å². The molecule has 2 heterocycles. The van der Waals surface area contributed by atoms with Gasteiger partial charge in [-0.25, -0.2) is 4.79 Å². The monoisotopic (exact) mass is 1010 g/mol. The number of carbonyl (C=O) groups is 1. The topological polar surface area (TPSA) is 88.2 Å². The number of carbonyl (C=O) groups excluding carboxylic acids is 1. The number of ether oxygens (including phenoxy) is 7. The summed E-state index contributed by atoms with van der Waals surface area (Å²) >= 11 is 4.76. The summed E-state index contributed by atoms with van der Waals surface area (Å²) in [6.07, 6.45) is 9.56. The van der Waals surface area contributed by atoms with Crippen LogP contribution < -0.4 is 18.9 Å². The van der Waals surface area contributed by atoms with E-state index in [2.05, 4.69) is 120 Å². The van der Waals surface area contributed by atoms with Crippen LogP contribution in [0.15, 0.2) is 47.3 Å². The Hall–Kier alpha value is 0.338. The Bertz CT molecular complexity index is 1210. The minimum absolute atomic E-state index is 0. The molecular formula is C37H69I2LiN2O8Si3. The summed E-state index contributed by atoms with van der Waals surface area (Å²) in [6.45, 7) is 27.1. The molecule has 2 rings (SSSR count). The number of alkyl halides is 2. The number of halogens is 2. The third-order valence-electron chi connectivity index (χ3n) is 8.38. The zero-order valence-corrected chi connectivity index (χ0v) is 42.0. The molecule has 0 aromatic carbocycles. The molecule has 0 aromatic heterocycles. The summed E-state index contributed by atoms with van der Waals surface area (Å²) < 4.78 is 43.6. The van der Waals surface area contributed by atoms with Gasteiger partial charge in [-0.15, -0.1) is 0 Å². The Morgan fingerprint density at radius 3 is 1.68 bits per heavy atom. The van der Waals surface area contributed by atoms with E-state index in [1.54, 1.807) is 0 Å². The molecule has 0 amide bonds. The molecule has 2 aliphatic heterocycles. The zero-order chi connectivity index (χ0) is 38.8. The van der Waals surface area contributed by atoms with Crippen LogP contribution in [0.4, 0.5) is 0 Å². The van der Waals surface area contributed by atoms with E-state index in [1.807, 2.05) is 25.4 Å². The second-order valence-electron chi connectivity index (χ2n) is 16.8. The largest absolute Gasteiger partial charge is 1.00 e. The molecule has 0 aliphatic carbocycles. The summed E-state index contributed by atoms with van der Waals surface area (Å²) in [7, 11) is -3.59. The van der Waals surface area contributed by atoms with Gasteiger partial charge in [-0.1, -0.05) is 104 Å². The molecule has 53 heavy (non-hydrogen) atoms. The van der Waals surface area contributed by atoms with Crippen LogP contribution in [0, 0.1) is 0 Å². The minimum Gasteiger partial charge on any atom is -1.00 e. The van der Waals surface area contributed by atoms with E-state index >= 15 is 0 Å². The molecule has 16 heteroatoms. The molecule has 0 N–H and O–H groups in total. The molecule has 0 aromatic rings. The second kappa shape index (κ2) is 26.4. The van der Waals surface area contributed by atoms with Gasteiger partial charge < -0.3 is 44.4 Å². The first-order valence-corrected chi connectivity index (χ1v) is 32.9. The average Bonchev–Trinajstić information content (AvgIpc) is 3.05.